The number of carbonyl (C=O) groups excluding carboxylic acids is 1. The van der Waals surface area contributed by atoms with E-state index in [0.717, 1.165) is 5.56 Å². The van der Waals surface area contributed by atoms with Gasteiger partial charge in [-0.2, -0.15) is 0 Å². The van der Waals surface area contributed by atoms with E-state index in [0.29, 0.717) is 16.5 Å². The molecular weight excluding hydrogens is 257 g/mol. The van der Waals surface area contributed by atoms with Gasteiger partial charge in [0, 0.05) is 0 Å². The molecule has 1 aromatic rings. The molecule has 0 heterocycles. The molecule has 1 unspecified atom stereocenters. The third-order valence-electron chi connectivity index (χ3n) is 2.29. The van der Waals surface area contributed by atoms with Crippen molar-refractivity contribution in [3.63, 3.8) is 0 Å². The van der Waals surface area contributed by atoms with Gasteiger partial charge in [-0.05, 0) is 24.1 Å². The van der Waals surface area contributed by atoms with Crippen molar-refractivity contribution >= 4 is 29.1 Å². The molecule has 0 fully saturated rings. The van der Waals surface area contributed by atoms with E-state index in [2.05, 4.69) is 11.2 Å². The van der Waals surface area contributed by atoms with Crippen molar-refractivity contribution < 1.29 is 4.79 Å². The van der Waals surface area contributed by atoms with Gasteiger partial charge in [0.1, 0.15) is 0 Å². The summed E-state index contributed by atoms with van der Waals surface area (Å²) in [6, 6.07) is 4.90. The molecule has 0 bridgehead atoms. The van der Waals surface area contributed by atoms with Crippen LogP contribution in [0, 0.1) is 12.3 Å². The summed E-state index contributed by atoms with van der Waals surface area (Å²) in [6.07, 6.45) is 6.22. The highest BCUT2D eigenvalue weighted by molar-refractivity contribution is 6.42. The van der Waals surface area contributed by atoms with Crippen LogP contribution in [0.1, 0.15) is 18.9 Å². The molecule has 0 aliphatic carbocycles. The molecule has 1 atom stereocenters. The lowest BCUT2D eigenvalue weighted by molar-refractivity contribution is -0.120. The van der Waals surface area contributed by atoms with E-state index in [1.165, 1.54) is 0 Å². The number of carbonyl (C=O) groups is 1. The van der Waals surface area contributed by atoms with Gasteiger partial charge in [-0.25, -0.2) is 0 Å². The van der Waals surface area contributed by atoms with Crippen molar-refractivity contribution in [2.24, 2.45) is 0 Å². The van der Waals surface area contributed by atoms with Gasteiger partial charge in [0.2, 0.25) is 5.91 Å². The Hall–Kier alpha value is -1.17. The zero-order valence-corrected chi connectivity index (χ0v) is 11.0. The smallest absolute Gasteiger partial charge is 0.225 e. The first-order chi connectivity index (χ1) is 8.06. The van der Waals surface area contributed by atoms with E-state index >= 15 is 0 Å². The molecule has 1 aromatic carbocycles. The fourth-order valence-electron chi connectivity index (χ4n) is 1.34. The number of hydrogen-bond acceptors (Lipinski definition) is 1. The zero-order valence-electron chi connectivity index (χ0n) is 9.47. The number of benzene rings is 1. The second-order valence-corrected chi connectivity index (χ2v) is 4.43. The lowest BCUT2D eigenvalue weighted by Gasteiger charge is -2.10. The maximum absolute atomic E-state index is 11.7. The number of terminal acetylenes is 1. The first-order valence-corrected chi connectivity index (χ1v) is 6.01. The van der Waals surface area contributed by atoms with Gasteiger partial charge in [0.15, 0.2) is 0 Å². The number of hydrogen-bond donors (Lipinski definition) is 1. The predicted octanol–water partition coefficient (Wildman–Crippen LogP) is 3.06. The van der Waals surface area contributed by atoms with Crippen molar-refractivity contribution in [3.05, 3.63) is 33.8 Å². The van der Waals surface area contributed by atoms with Crippen LogP contribution in [0.4, 0.5) is 0 Å². The summed E-state index contributed by atoms with van der Waals surface area (Å²) in [5, 5.41) is 3.67. The molecule has 0 saturated heterocycles. The average molecular weight is 270 g/mol. The minimum atomic E-state index is -0.217. The van der Waals surface area contributed by atoms with Crippen LogP contribution in [0.15, 0.2) is 18.2 Å². The molecule has 4 heteroatoms. The van der Waals surface area contributed by atoms with Gasteiger partial charge in [-0.1, -0.05) is 42.1 Å². The Morgan fingerprint density at radius 1 is 1.47 bits per heavy atom. The van der Waals surface area contributed by atoms with E-state index in [9.17, 15) is 4.79 Å². The molecule has 2 nitrogen and oxygen atoms in total. The Morgan fingerprint density at radius 2 is 2.18 bits per heavy atom. The van der Waals surface area contributed by atoms with Crippen LogP contribution in [-0.4, -0.2) is 11.9 Å². The van der Waals surface area contributed by atoms with Gasteiger partial charge >= 0.3 is 0 Å². The van der Waals surface area contributed by atoms with Crippen molar-refractivity contribution in [3.8, 4) is 12.3 Å². The summed E-state index contributed by atoms with van der Waals surface area (Å²) in [5.41, 5.74) is 0.809. The monoisotopic (exact) mass is 269 g/mol. The lowest BCUT2D eigenvalue weighted by atomic mass is 10.1. The second-order valence-electron chi connectivity index (χ2n) is 3.62. The molecule has 0 aromatic heterocycles. The average Bonchev–Trinajstić information content (AvgIpc) is 2.31. The van der Waals surface area contributed by atoms with Crippen LogP contribution in [0.3, 0.4) is 0 Å². The zero-order chi connectivity index (χ0) is 12.8. The van der Waals surface area contributed by atoms with Gasteiger partial charge in [0.25, 0.3) is 0 Å². The van der Waals surface area contributed by atoms with E-state index in [1.807, 2.05) is 6.92 Å². The standard InChI is InChI=1S/C13H13Cl2NO/c1-3-10(4-2)16-13(17)8-9-5-6-11(14)12(15)7-9/h1,5-7,10H,4,8H2,2H3,(H,16,17). The van der Waals surface area contributed by atoms with Crippen LogP contribution in [0.5, 0.6) is 0 Å². The Morgan fingerprint density at radius 3 is 2.71 bits per heavy atom. The van der Waals surface area contributed by atoms with Crippen LogP contribution in [-0.2, 0) is 11.2 Å². The van der Waals surface area contributed by atoms with Crippen molar-refractivity contribution in [2.45, 2.75) is 25.8 Å². The van der Waals surface area contributed by atoms with Gasteiger partial charge in [0.05, 0.1) is 22.5 Å². The summed E-state index contributed by atoms with van der Waals surface area (Å²) in [6.45, 7) is 1.92. The maximum Gasteiger partial charge on any atom is 0.225 e. The van der Waals surface area contributed by atoms with E-state index in [1.54, 1.807) is 18.2 Å². The quantitative estimate of drug-likeness (QED) is 0.837. The molecular formula is C13H13Cl2NO. The topological polar surface area (TPSA) is 29.1 Å². The predicted molar refractivity (Wildman–Crippen MR) is 71.2 cm³/mol. The molecule has 0 radical (unpaired) electrons. The highest BCUT2D eigenvalue weighted by Gasteiger charge is 2.09. The Labute approximate surface area is 111 Å². The number of rotatable bonds is 4. The maximum atomic E-state index is 11.7. The Balaban J connectivity index is 2.62. The minimum Gasteiger partial charge on any atom is -0.342 e. The molecule has 90 valence electrons. The summed E-state index contributed by atoms with van der Waals surface area (Å²) >= 11 is 11.6. The molecule has 1 N–H and O–H groups in total. The molecule has 1 amide bonds. The van der Waals surface area contributed by atoms with Gasteiger partial charge < -0.3 is 5.32 Å². The van der Waals surface area contributed by atoms with Crippen molar-refractivity contribution in [1.29, 1.82) is 0 Å². The van der Waals surface area contributed by atoms with E-state index in [-0.39, 0.29) is 18.4 Å². The van der Waals surface area contributed by atoms with Crippen molar-refractivity contribution in [1.82, 2.24) is 5.32 Å². The Bertz CT molecular complexity index is 451. The fourth-order valence-corrected chi connectivity index (χ4v) is 1.66. The van der Waals surface area contributed by atoms with Crippen LogP contribution in [0.2, 0.25) is 10.0 Å². The normalized spacial score (nSPS) is 11.6. The molecule has 0 saturated carbocycles. The number of nitrogens with one attached hydrogen (secondary N) is 1. The van der Waals surface area contributed by atoms with Gasteiger partial charge in [-0.15, -0.1) is 6.42 Å². The summed E-state index contributed by atoms with van der Waals surface area (Å²) < 4.78 is 0. The number of amides is 1. The fraction of sp³-hybridized carbons (Fsp3) is 0.308. The van der Waals surface area contributed by atoms with E-state index in [4.69, 9.17) is 29.6 Å². The first kappa shape index (κ1) is 13.9. The van der Waals surface area contributed by atoms with Crippen LogP contribution in [0.25, 0.3) is 0 Å². The van der Waals surface area contributed by atoms with E-state index < -0.39 is 0 Å². The third-order valence-corrected chi connectivity index (χ3v) is 3.03. The second kappa shape index (κ2) is 6.54. The number of halogens is 2. The summed E-state index contributed by atoms with van der Waals surface area (Å²) in [7, 11) is 0. The van der Waals surface area contributed by atoms with Crippen molar-refractivity contribution in [2.75, 3.05) is 0 Å². The molecule has 0 spiro atoms. The van der Waals surface area contributed by atoms with Crippen LogP contribution >= 0.6 is 23.2 Å². The molecule has 0 aliphatic heterocycles. The highest BCUT2D eigenvalue weighted by atomic mass is 35.5. The largest absolute Gasteiger partial charge is 0.342 e. The minimum absolute atomic E-state index is 0.117. The highest BCUT2D eigenvalue weighted by Crippen LogP contribution is 2.22. The molecule has 1 rings (SSSR count). The summed E-state index contributed by atoms with van der Waals surface area (Å²) in [5.74, 6) is 2.39. The lowest BCUT2D eigenvalue weighted by Crippen LogP contribution is -2.34. The summed E-state index contributed by atoms with van der Waals surface area (Å²) in [4.78, 5) is 11.7. The van der Waals surface area contributed by atoms with Gasteiger partial charge in [-0.3, -0.25) is 4.79 Å². The first-order valence-electron chi connectivity index (χ1n) is 5.26. The molecule has 17 heavy (non-hydrogen) atoms. The third kappa shape index (κ3) is 4.30. The SMILES string of the molecule is C#CC(CC)NC(=O)Cc1ccc(Cl)c(Cl)c1. The molecule has 0 aliphatic rings. The Kier molecular flexibility index (Phi) is 5.34. The van der Waals surface area contributed by atoms with Crippen LogP contribution < -0.4 is 5.32 Å².